The van der Waals surface area contributed by atoms with E-state index in [0.29, 0.717) is 12.6 Å². The second-order valence-corrected chi connectivity index (χ2v) is 8.39. The van der Waals surface area contributed by atoms with Crippen molar-refractivity contribution in [2.45, 2.75) is 38.8 Å². The van der Waals surface area contributed by atoms with Gasteiger partial charge in [-0.05, 0) is 48.4 Å². The molecule has 2 N–H and O–H groups in total. The van der Waals surface area contributed by atoms with Gasteiger partial charge in [0.1, 0.15) is 5.00 Å². The first-order valence-corrected chi connectivity index (χ1v) is 10.3. The minimum absolute atomic E-state index is 0.438. The molecule has 0 saturated heterocycles. The largest absolute Gasteiger partial charge is 0.464 e. The van der Waals surface area contributed by atoms with Gasteiger partial charge in [0.15, 0.2) is 0 Å². The SMILES string of the molecule is CC(CC1CC1)NCc1ccccc1N(C(=O)O)c1cc2ccccc2s1. The highest BCUT2D eigenvalue weighted by Crippen LogP contribution is 2.38. The van der Waals surface area contributed by atoms with Crippen molar-refractivity contribution in [2.24, 2.45) is 5.92 Å². The van der Waals surface area contributed by atoms with Crippen LogP contribution in [0.1, 0.15) is 31.7 Å². The second-order valence-electron chi connectivity index (χ2n) is 7.33. The third-order valence-electron chi connectivity index (χ3n) is 5.08. The van der Waals surface area contributed by atoms with Crippen molar-refractivity contribution < 1.29 is 9.90 Å². The molecule has 1 heterocycles. The molecule has 140 valence electrons. The maximum Gasteiger partial charge on any atom is 0.417 e. The standard InChI is InChI=1S/C22H24N2O2S/c1-15(12-16-10-11-16)23-14-18-7-2-4-8-19(18)24(22(25)26)21-13-17-6-3-5-9-20(17)27-21/h2-9,13,15-16,23H,10-12,14H2,1H3,(H,25,26). The Bertz CT molecular complexity index is 915. The minimum Gasteiger partial charge on any atom is -0.464 e. The Hall–Kier alpha value is -2.37. The fraction of sp³-hybridized carbons (Fsp3) is 0.318. The highest BCUT2D eigenvalue weighted by Gasteiger charge is 2.24. The van der Waals surface area contributed by atoms with Gasteiger partial charge >= 0.3 is 6.09 Å². The number of amides is 1. The molecule has 0 radical (unpaired) electrons. The Morgan fingerprint density at radius 3 is 2.70 bits per heavy atom. The second kappa shape index (κ2) is 7.71. The van der Waals surface area contributed by atoms with Crippen LogP contribution in [0.2, 0.25) is 0 Å². The van der Waals surface area contributed by atoms with Gasteiger partial charge in [-0.25, -0.2) is 9.69 Å². The van der Waals surface area contributed by atoms with Gasteiger partial charge in [0.05, 0.1) is 5.69 Å². The maximum atomic E-state index is 12.1. The molecule has 0 bridgehead atoms. The van der Waals surface area contributed by atoms with E-state index in [0.717, 1.165) is 32.3 Å². The van der Waals surface area contributed by atoms with Crippen molar-refractivity contribution >= 4 is 38.2 Å². The van der Waals surface area contributed by atoms with E-state index in [-0.39, 0.29) is 0 Å². The molecule has 1 fully saturated rings. The molecule has 27 heavy (non-hydrogen) atoms. The molecular formula is C22H24N2O2S. The maximum absolute atomic E-state index is 12.1. The molecule has 1 amide bonds. The summed E-state index contributed by atoms with van der Waals surface area (Å²) in [6.45, 7) is 2.88. The fourth-order valence-corrected chi connectivity index (χ4v) is 4.56. The number of para-hydroxylation sites is 1. The Kier molecular flexibility index (Phi) is 5.14. The smallest absolute Gasteiger partial charge is 0.417 e. The van der Waals surface area contributed by atoms with E-state index in [1.807, 2.05) is 54.6 Å². The van der Waals surface area contributed by atoms with Gasteiger partial charge in [-0.3, -0.25) is 0 Å². The number of fused-ring (bicyclic) bond motifs is 1. The molecule has 1 unspecified atom stereocenters. The van der Waals surface area contributed by atoms with E-state index >= 15 is 0 Å². The average molecular weight is 381 g/mol. The summed E-state index contributed by atoms with van der Waals surface area (Å²) in [5.74, 6) is 0.872. The quantitative estimate of drug-likeness (QED) is 0.529. The predicted molar refractivity (Wildman–Crippen MR) is 112 cm³/mol. The zero-order valence-corrected chi connectivity index (χ0v) is 16.2. The lowest BCUT2D eigenvalue weighted by atomic mass is 10.1. The molecule has 3 aromatic rings. The summed E-state index contributed by atoms with van der Waals surface area (Å²) in [5.41, 5.74) is 1.72. The summed E-state index contributed by atoms with van der Waals surface area (Å²) in [4.78, 5) is 13.5. The van der Waals surface area contributed by atoms with Gasteiger partial charge in [0.25, 0.3) is 0 Å². The molecule has 1 saturated carbocycles. The van der Waals surface area contributed by atoms with Crippen molar-refractivity contribution in [3.8, 4) is 0 Å². The van der Waals surface area contributed by atoms with Gasteiger partial charge < -0.3 is 10.4 Å². The summed E-state index contributed by atoms with van der Waals surface area (Å²) < 4.78 is 1.09. The number of carboxylic acid groups (broad SMARTS) is 1. The van der Waals surface area contributed by atoms with Crippen molar-refractivity contribution in [3.63, 3.8) is 0 Å². The van der Waals surface area contributed by atoms with Gasteiger partial charge in [0, 0.05) is 17.3 Å². The van der Waals surface area contributed by atoms with Crippen LogP contribution in [0.4, 0.5) is 15.5 Å². The summed E-state index contributed by atoms with van der Waals surface area (Å²) in [5, 5.41) is 15.3. The van der Waals surface area contributed by atoms with Crippen molar-refractivity contribution in [1.29, 1.82) is 0 Å². The third kappa shape index (κ3) is 4.15. The number of anilines is 2. The molecule has 5 heteroatoms. The van der Waals surface area contributed by atoms with Gasteiger partial charge in [-0.1, -0.05) is 49.2 Å². The first-order valence-electron chi connectivity index (χ1n) is 9.44. The van der Waals surface area contributed by atoms with E-state index < -0.39 is 6.09 Å². The van der Waals surface area contributed by atoms with Crippen LogP contribution in [0.3, 0.4) is 0 Å². The van der Waals surface area contributed by atoms with E-state index in [1.54, 1.807) is 0 Å². The van der Waals surface area contributed by atoms with Crippen LogP contribution in [0, 0.1) is 5.92 Å². The Morgan fingerprint density at radius 2 is 1.96 bits per heavy atom. The molecule has 0 spiro atoms. The first-order chi connectivity index (χ1) is 13.1. The van der Waals surface area contributed by atoms with Crippen LogP contribution < -0.4 is 10.2 Å². The predicted octanol–water partition coefficient (Wildman–Crippen LogP) is 6.00. The topological polar surface area (TPSA) is 52.6 Å². The van der Waals surface area contributed by atoms with Crippen LogP contribution >= 0.6 is 11.3 Å². The van der Waals surface area contributed by atoms with Crippen LogP contribution in [0.5, 0.6) is 0 Å². The Balaban J connectivity index is 1.61. The summed E-state index contributed by atoms with van der Waals surface area (Å²) >= 11 is 1.50. The minimum atomic E-state index is -0.958. The molecular weight excluding hydrogens is 356 g/mol. The number of hydrogen-bond acceptors (Lipinski definition) is 3. The Labute approximate surface area is 163 Å². The van der Waals surface area contributed by atoms with Crippen LogP contribution in [0.25, 0.3) is 10.1 Å². The van der Waals surface area contributed by atoms with Crippen molar-refractivity contribution in [3.05, 3.63) is 60.2 Å². The zero-order chi connectivity index (χ0) is 18.8. The van der Waals surface area contributed by atoms with E-state index in [9.17, 15) is 9.90 Å². The van der Waals surface area contributed by atoms with Gasteiger partial charge in [-0.2, -0.15) is 0 Å². The Morgan fingerprint density at radius 1 is 1.22 bits per heavy atom. The highest BCUT2D eigenvalue weighted by molar-refractivity contribution is 7.23. The number of hydrogen-bond donors (Lipinski definition) is 2. The van der Waals surface area contributed by atoms with Crippen molar-refractivity contribution in [1.82, 2.24) is 5.32 Å². The fourth-order valence-electron chi connectivity index (χ4n) is 3.49. The lowest BCUT2D eigenvalue weighted by Crippen LogP contribution is -2.28. The third-order valence-corrected chi connectivity index (χ3v) is 6.18. The van der Waals surface area contributed by atoms with Crippen LogP contribution in [-0.2, 0) is 6.54 Å². The molecule has 1 aliphatic rings. The molecule has 4 rings (SSSR count). The highest BCUT2D eigenvalue weighted by atomic mass is 32.1. The van der Waals surface area contributed by atoms with E-state index in [2.05, 4.69) is 12.2 Å². The zero-order valence-electron chi connectivity index (χ0n) is 15.4. The van der Waals surface area contributed by atoms with E-state index in [1.165, 1.54) is 35.5 Å². The lowest BCUT2D eigenvalue weighted by molar-refractivity contribution is 0.205. The average Bonchev–Trinajstić information content (AvgIpc) is 3.36. The molecule has 4 nitrogen and oxygen atoms in total. The number of thiophene rings is 1. The summed E-state index contributed by atoms with van der Waals surface area (Å²) in [7, 11) is 0. The van der Waals surface area contributed by atoms with Gasteiger partial charge in [-0.15, -0.1) is 11.3 Å². The van der Waals surface area contributed by atoms with E-state index in [4.69, 9.17) is 0 Å². The van der Waals surface area contributed by atoms with Gasteiger partial charge in [0.2, 0.25) is 0 Å². The normalized spacial score (nSPS) is 15.0. The molecule has 1 atom stereocenters. The number of rotatable bonds is 7. The monoisotopic (exact) mass is 380 g/mol. The van der Waals surface area contributed by atoms with Crippen molar-refractivity contribution in [2.75, 3.05) is 4.90 Å². The van der Waals surface area contributed by atoms with Crippen LogP contribution in [0.15, 0.2) is 54.6 Å². The molecule has 1 aliphatic carbocycles. The molecule has 2 aromatic carbocycles. The number of carbonyl (C=O) groups is 1. The first kappa shape index (κ1) is 18.0. The summed E-state index contributed by atoms with van der Waals surface area (Å²) in [6, 6.07) is 18.2. The summed E-state index contributed by atoms with van der Waals surface area (Å²) in [6.07, 6.45) is 2.93. The molecule has 0 aliphatic heterocycles. The number of nitrogens with one attached hydrogen (secondary N) is 1. The number of benzene rings is 2. The number of nitrogens with zero attached hydrogens (tertiary/aromatic N) is 1. The van der Waals surface area contributed by atoms with Crippen LogP contribution in [-0.4, -0.2) is 17.2 Å². The lowest BCUT2D eigenvalue weighted by Gasteiger charge is -2.22. The molecule has 1 aromatic heterocycles.